The van der Waals surface area contributed by atoms with Crippen LogP contribution < -0.4 is 21.9 Å². The number of aromatic nitrogens is 2. The number of anilines is 1. The van der Waals surface area contributed by atoms with E-state index in [-0.39, 0.29) is 5.82 Å². The second-order valence-electron chi connectivity index (χ2n) is 4.91. The maximum atomic E-state index is 12.4. The van der Waals surface area contributed by atoms with Gasteiger partial charge in [0.25, 0.3) is 5.56 Å². The van der Waals surface area contributed by atoms with Gasteiger partial charge in [-0.15, -0.1) is 0 Å². The van der Waals surface area contributed by atoms with Crippen LogP contribution in [0.25, 0.3) is 0 Å². The molecule has 108 valence electrons. The minimum atomic E-state index is -0.583. The molecule has 2 heterocycles. The molecule has 0 fully saturated rings. The fraction of sp³-hybridized carbons (Fsp3) is 0.214. The maximum absolute atomic E-state index is 12.4. The average molecular weight is 286 g/mol. The van der Waals surface area contributed by atoms with Crippen LogP contribution in [0.4, 0.5) is 10.6 Å². The van der Waals surface area contributed by atoms with Crippen LogP contribution in [0.3, 0.4) is 0 Å². The van der Waals surface area contributed by atoms with Crippen molar-refractivity contribution < 1.29 is 4.79 Å². The molecule has 1 aromatic carbocycles. The van der Waals surface area contributed by atoms with Gasteiger partial charge in [0.1, 0.15) is 5.82 Å². The van der Waals surface area contributed by atoms with Crippen LogP contribution in [0.1, 0.15) is 17.2 Å². The van der Waals surface area contributed by atoms with Crippen LogP contribution in [0.2, 0.25) is 0 Å². The lowest BCUT2D eigenvalue weighted by molar-refractivity contribution is 0.248. The molecule has 0 aliphatic carbocycles. The lowest BCUT2D eigenvalue weighted by Crippen LogP contribution is -2.49. The summed E-state index contributed by atoms with van der Waals surface area (Å²) >= 11 is 0. The molecule has 2 amide bonds. The van der Waals surface area contributed by atoms with Crippen LogP contribution in [-0.2, 0) is 14.1 Å². The quantitative estimate of drug-likeness (QED) is 0.791. The predicted molar refractivity (Wildman–Crippen MR) is 77.4 cm³/mol. The first kappa shape index (κ1) is 13.2. The largest absolute Gasteiger partial charge is 0.332 e. The summed E-state index contributed by atoms with van der Waals surface area (Å²) in [4.78, 5) is 36.2. The van der Waals surface area contributed by atoms with Crippen molar-refractivity contribution in [3.63, 3.8) is 0 Å². The number of nitrogens with one attached hydrogen (secondary N) is 2. The van der Waals surface area contributed by atoms with Gasteiger partial charge in [-0.25, -0.2) is 9.59 Å². The van der Waals surface area contributed by atoms with E-state index in [1.165, 1.54) is 18.7 Å². The Balaban J connectivity index is 2.33. The first-order valence-corrected chi connectivity index (χ1v) is 6.43. The van der Waals surface area contributed by atoms with Crippen LogP contribution in [0, 0.1) is 0 Å². The van der Waals surface area contributed by atoms with E-state index in [9.17, 15) is 14.4 Å². The number of carbonyl (C=O) groups is 1. The summed E-state index contributed by atoms with van der Waals surface area (Å²) in [6.07, 6.45) is 0. The molecule has 2 N–H and O–H groups in total. The number of hydrogen-bond donors (Lipinski definition) is 2. The molecule has 1 aliphatic heterocycles. The Labute approximate surface area is 119 Å². The minimum absolute atomic E-state index is 0.237. The number of carbonyl (C=O) groups excluding carboxylic acids is 1. The molecule has 3 rings (SSSR count). The zero-order chi connectivity index (χ0) is 15.1. The van der Waals surface area contributed by atoms with Crippen molar-refractivity contribution in [2.75, 3.05) is 5.32 Å². The standard InChI is InChI=1S/C14H14N4O3/c1-17-11-9(12(19)18(2)14(17)21)10(15-13(20)16-11)8-6-4-3-5-7-8/h3-7,10H,1-2H3,(H2,15,16,20)/t10-/m0/s1. The van der Waals surface area contributed by atoms with Gasteiger partial charge >= 0.3 is 11.7 Å². The zero-order valence-electron chi connectivity index (χ0n) is 11.6. The third kappa shape index (κ3) is 1.94. The van der Waals surface area contributed by atoms with Crippen molar-refractivity contribution in [3.8, 4) is 0 Å². The number of nitrogens with zero attached hydrogens (tertiary/aromatic N) is 2. The molecule has 0 saturated carbocycles. The molecule has 1 aliphatic rings. The molecule has 7 heteroatoms. The number of hydrogen-bond acceptors (Lipinski definition) is 3. The van der Waals surface area contributed by atoms with E-state index in [0.717, 1.165) is 10.1 Å². The number of fused-ring (bicyclic) bond motifs is 1. The van der Waals surface area contributed by atoms with E-state index >= 15 is 0 Å². The molecule has 1 aromatic heterocycles. The molecule has 0 spiro atoms. The average Bonchev–Trinajstić information content (AvgIpc) is 2.51. The topological polar surface area (TPSA) is 85.1 Å². The molecule has 7 nitrogen and oxygen atoms in total. The molecule has 0 bridgehead atoms. The Morgan fingerprint density at radius 1 is 1.00 bits per heavy atom. The van der Waals surface area contributed by atoms with Crippen molar-refractivity contribution in [2.24, 2.45) is 14.1 Å². The Bertz CT molecular complexity index is 836. The van der Waals surface area contributed by atoms with Gasteiger partial charge in [0.2, 0.25) is 0 Å². The molecule has 0 unspecified atom stereocenters. The number of benzene rings is 1. The Morgan fingerprint density at radius 3 is 2.33 bits per heavy atom. The summed E-state index contributed by atoms with van der Waals surface area (Å²) in [6.45, 7) is 0. The van der Waals surface area contributed by atoms with Gasteiger partial charge < -0.3 is 5.32 Å². The second-order valence-corrected chi connectivity index (χ2v) is 4.91. The molecular weight excluding hydrogens is 272 g/mol. The third-order valence-electron chi connectivity index (χ3n) is 3.63. The second kappa shape index (κ2) is 4.62. The van der Waals surface area contributed by atoms with Gasteiger partial charge in [0.15, 0.2) is 0 Å². The van der Waals surface area contributed by atoms with E-state index in [4.69, 9.17) is 0 Å². The van der Waals surface area contributed by atoms with E-state index in [2.05, 4.69) is 10.6 Å². The normalized spacial score (nSPS) is 16.9. The number of urea groups is 1. The summed E-state index contributed by atoms with van der Waals surface area (Å²) in [5.74, 6) is 0.237. The monoisotopic (exact) mass is 286 g/mol. The first-order valence-electron chi connectivity index (χ1n) is 6.43. The zero-order valence-corrected chi connectivity index (χ0v) is 11.6. The van der Waals surface area contributed by atoms with Crippen molar-refractivity contribution >= 4 is 11.8 Å². The maximum Gasteiger partial charge on any atom is 0.332 e. The smallest absolute Gasteiger partial charge is 0.327 e. The van der Waals surface area contributed by atoms with Gasteiger partial charge in [-0.2, -0.15) is 0 Å². The SMILES string of the molecule is Cn1c2c(c(=O)n(C)c1=O)[C@H](c1ccccc1)NC(=O)N2. The lowest BCUT2D eigenvalue weighted by Gasteiger charge is -2.28. The van der Waals surface area contributed by atoms with E-state index in [1.807, 2.05) is 30.3 Å². The molecule has 0 saturated heterocycles. The number of amides is 2. The van der Waals surface area contributed by atoms with Gasteiger partial charge in [-0.1, -0.05) is 30.3 Å². The van der Waals surface area contributed by atoms with Crippen molar-refractivity contribution in [2.45, 2.75) is 6.04 Å². The van der Waals surface area contributed by atoms with Crippen LogP contribution >= 0.6 is 0 Å². The van der Waals surface area contributed by atoms with Crippen molar-refractivity contribution in [1.29, 1.82) is 0 Å². The highest BCUT2D eigenvalue weighted by Crippen LogP contribution is 2.27. The van der Waals surface area contributed by atoms with Crippen LogP contribution in [0.5, 0.6) is 0 Å². The first-order chi connectivity index (χ1) is 10.0. The van der Waals surface area contributed by atoms with E-state index in [1.54, 1.807) is 0 Å². The lowest BCUT2D eigenvalue weighted by atomic mass is 9.98. The molecule has 21 heavy (non-hydrogen) atoms. The third-order valence-corrected chi connectivity index (χ3v) is 3.63. The summed E-state index contributed by atoms with van der Waals surface area (Å²) in [6, 6.07) is 8.13. The summed E-state index contributed by atoms with van der Waals surface area (Å²) < 4.78 is 2.30. The van der Waals surface area contributed by atoms with Crippen LogP contribution in [0.15, 0.2) is 39.9 Å². The van der Waals surface area contributed by atoms with Crippen molar-refractivity contribution in [3.05, 3.63) is 62.3 Å². The van der Waals surface area contributed by atoms with E-state index in [0.29, 0.717) is 5.56 Å². The fourth-order valence-electron chi connectivity index (χ4n) is 2.52. The minimum Gasteiger partial charge on any atom is -0.327 e. The van der Waals surface area contributed by atoms with Gasteiger partial charge in [0.05, 0.1) is 11.6 Å². The van der Waals surface area contributed by atoms with E-state index < -0.39 is 23.3 Å². The summed E-state index contributed by atoms with van der Waals surface area (Å²) in [7, 11) is 2.94. The van der Waals surface area contributed by atoms with Gasteiger partial charge in [0, 0.05) is 14.1 Å². The fourth-order valence-corrected chi connectivity index (χ4v) is 2.52. The van der Waals surface area contributed by atoms with Gasteiger partial charge in [-0.3, -0.25) is 19.2 Å². The Hall–Kier alpha value is -2.83. The molecule has 0 radical (unpaired) electrons. The highest BCUT2D eigenvalue weighted by Gasteiger charge is 2.31. The Morgan fingerprint density at radius 2 is 1.67 bits per heavy atom. The predicted octanol–water partition coefficient (Wildman–Crippen LogP) is 0.308. The molecule has 1 atom stereocenters. The highest BCUT2D eigenvalue weighted by atomic mass is 16.2. The number of rotatable bonds is 1. The Kier molecular flexibility index (Phi) is 2.90. The molecular formula is C14H14N4O3. The van der Waals surface area contributed by atoms with Crippen molar-refractivity contribution in [1.82, 2.24) is 14.5 Å². The van der Waals surface area contributed by atoms with Crippen LogP contribution in [-0.4, -0.2) is 15.2 Å². The summed E-state index contributed by atoms with van der Waals surface area (Å²) in [5, 5.41) is 5.26. The highest BCUT2D eigenvalue weighted by molar-refractivity contribution is 5.92. The van der Waals surface area contributed by atoms with Gasteiger partial charge in [-0.05, 0) is 5.56 Å². The molecule has 2 aromatic rings. The summed E-state index contributed by atoms with van der Waals surface area (Å²) in [5.41, 5.74) is 0.233.